The maximum absolute atomic E-state index is 11.9. The average molecular weight is 339 g/mol. The van der Waals surface area contributed by atoms with E-state index in [0.717, 1.165) is 6.07 Å². The van der Waals surface area contributed by atoms with Gasteiger partial charge in [0.25, 0.3) is 0 Å². The number of rotatable bonds is 6. The molecule has 2 aromatic carbocycles. The van der Waals surface area contributed by atoms with E-state index in [-0.39, 0.29) is 12.4 Å². The number of hydrogen-bond donors (Lipinski definition) is 0. The minimum Gasteiger partial charge on any atom is -0.457 e. The summed E-state index contributed by atoms with van der Waals surface area (Å²) in [7, 11) is 0. The molecule has 0 atom stereocenters. The predicted octanol–water partition coefficient (Wildman–Crippen LogP) is 4.34. The molecule has 25 heavy (non-hydrogen) atoms. The van der Waals surface area contributed by atoms with Crippen LogP contribution in [0.3, 0.4) is 0 Å². The molecule has 1 heterocycles. The Labute approximate surface area is 142 Å². The van der Waals surface area contributed by atoms with Crippen LogP contribution in [0.25, 0.3) is 0 Å². The molecule has 0 amide bonds. The fraction of sp³-hybridized carbons (Fsp3) is 0.0556. The number of para-hydroxylation sites is 2. The first-order valence-electron chi connectivity index (χ1n) is 7.35. The lowest BCUT2D eigenvalue weighted by molar-refractivity contribution is -0.402. The quantitative estimate of drug-likeness (QED) is 0.377. The number of ether oxygens (including phenoxy) is 2. The van der Waals surface area contributed by atoms with Crippen molar-refractivity contribution in [1.82, 2.24) is 0 Å². The molecule has 7 heteroatoms. The standard InChI is InChI=1S/C18H13NO6/c20-18(16-10-11-17(25-16)19(21)22)23-12-13-6-4-5-9-15(13)24-14-7-2-1-3-8-14/h1-11H,12H2. The molecule has 0 aliphatic heterocycles. The molecular formula is C18H13NO6. The first-order chi connectivity index (χ1) is 12.1. The number of carbonyl (C=O) groups excluding carboxylic acids is 1. The molecule has 0 bridgehead atoms. The largest absolute Gasteiger partial charge is 0.457 e. The van der Waals surface area contributed by atoms with Crippen LogP contribution >= 0.6 is 0 Å². The highest BCUT2D eigenvalue weighted by Crippen LogP contribution is 2.26. The van der Waals surface area contributed by atoms with E-state index in [9.17, 15) is 14.9 Å². The Hall–Kier alpha value is -3.61. The normalized spacial score (nSPS) is 10.2. The number of nitro groups is 1. The molecule has 126 valence electrons. The van der Waals surface area contributed by atoms with Crippen LogP contribution in [0.15, 0.2) is 71.1 Å². The highest BCUT2D eigenvalue weighted by molar-refractivity contribution is 5.86. The molecule has 0 saturated heterocycles. The van der Waals surface area contributed by atoms with Crippen molar-refractivity contribution in [2.75, 3.05) is 0 Å². The Bertz CT molecular complexity index is 887. The van der Waals surface area contributed by atoms with Gasteiger partial charge in [0.2, 0.25) is 5.76 Å². The lowest BCUT2D eigenvalue weighted by Gasteiger charge is -2.11. The van der Waals surface area contributed by atoms with Gasteiger partial charge in [0.15, 0.2) is 0 Å². The topological polar surface area (TPSA) is 91.8 Å². The maximum atomic E-state index is 11.9. The van der Waals surface area contributed by atoms with Gasteiger partial charge in [0, 0.05) is 5.56 Å². The van der Waals surface area contributed by atoms with Gasteiger partial charge in [-0.2, -0.15) is 0 Å². The highest BCUT2D eigenvalue weighted by Gasteiger charge is 2.19. The Morgan fingerprint density at radius 2 is 1.72 bits per heavy atom. The number of nitrogens with zero attached hydrogens (tertiary/aromatic N) is 1. The molecule has 0 fully saturated rings. The van der Waals surface area contributed by atoms with Gasteiger partial charge < -0.3 is 13.9 Å². The summed E-state index contributed by atoms with van der Waals surface area (Å²) in [5, 5.41) is 10.6. The number of benzene rings is 2. The van der Waals surface area contributed by atoms with E-state index >= 15 is 0 Å². The van der Waals surface area contributed by atoms with Gasteiger partial charge in [-0.3, -0.25) is 10.1 Å². The van der Waals surface area contributed by atoms with Crippen LogP contribution in [-0.4, -0.2) is 10.9 Å². The number of carbonyl (C=O) groups is 1. The molecule has 3 rings (SSSR count). The van der Waals surface area contributed by atoms with Gasteiger partial charge >= 0.3 is 11.9 Å². The zero-order valence-corrected chi connectivity index (χ0v) is 13.0. The molecule has 0 saturated carbocycles. The van der Waals surface area contributed by atoms with Crippen LogP contribution in [0.1, 0.15) is 16.1 Å². The van der Waals surface area contributed by atoms with E-state index in [0.29, 0.717) is 17.1 Å². The van der Waals surface area contributed by atoms with E-state index in [2.05, 4.69) is 0 Å². The van der Waals surface area contributed by atoms with Crippen molar-refractivity contribution in [2.45, 2.75) is 6.61 Å². The van der Waals surface area contributed by atoms with Crippen LogP contribution < -0.4 is 4.74 Å². The third-order valence-corrected chi connectivity index (χ3v) is 3.28. The van der Waals surface area contributed by atoms with Crippen molar-refractivity contribution in [1.29, 1.82) is 0 Å². The summed E-state index contributed by atoms with van der Waals surface area (Å²) < 4.78 is 15.7. The number of hydrogen-bond acceptors (Lipinski definition) is 6. The SMILES string of the molecule is O=C(OCc1ccccc1Oc1ccccc1)c1ccc([N+](=O)[O-])o1. The second-order valence-corrected chi connectivity index (χ2v) is 4.99. The number of esters is 1. The van der Waals surface area contributed by atoms with Crippen molar-refractivity contribution in [3.63, 3.8) is 0 Å². The summed E-state index contributed by atoms with van der Waals surface area (Å²) in [6.45, 7) is -0.0592. The zero-order chi connectivity index (χ0) is 17.6. The molecule has 0 radical (unpaired) electrons. The van der Waals surface area contributed by atoms with Gasteiger partial charge in [0.1, 0.15) is 23.0 Å². The van der Waals surface area contributed by atoms with E-state index < -0.39 is 16.8 Å². The van der Waals surface area contributed by atoms with E-state index in [1.165, 1.54) is 6.07 Å². The van der Waals surface area contributed by atoms with Crippen molar-refractivity contribution < 1.29 is 23.6 Å². The van der Waals surface area contributed by atoms with Crippen molar-refractivity contribution in [2.24, 2.45) is 0 Å². The maximum Gasteiger partial charge on any atom is 0.433 e. The molecule has 0 aliphatic carbocycles. The minimum atomic E-state index is -0.789. The molecule has 0 aliphatic rings. The summed E-state index contributed by atoms with van der Waals surface area (Å²) in [6.07, 6.45) is 0. The van der Waals surface area contributed by atoms with Gasteiger partial charge in [-0.05, 0) is 24.3 Å². The molecule has 7 nitrogen and oxygen atoms in total. The summed E-state index contributed by atoms with van der Waals surface area (Å²) in [4.78, 5) is 21.8. The Kier molecular flexibility index (Phi) is 4.75. The molecule has 0 spiro atoms. The fourth-order valence-corrected chi connectivity index (χ4v) is 2.09. The minimum absolute atomic E-state index is 0.0592. The highest BCUT2D eigenvalue weighted by atomic mass is 16.7. The lowest BCUT2D eigenvalue weighted by Crippen LogP contribution is -2.05. The summed E-state index contributed by atoms with van der Waals surface area (Å²) in [5.74, 6) is -0.328. The van der Waals surface area contributed by atoms with E-state index in [4.69, 9.17) is 13.9 Å². The van der Waals surface area contributed by atoms with Crippen LogP contribution in [0, 0.1) is 10.1 Å². The van der Waals surface area contributed by atoms with Crippen molar-refractivity contribution in [3.8, 4) is 11.5 Å². The van der Waals surface area contributed by atoms with Crippen LogP contribution in [-0.2, 0) is 11.3 Å². The van der Waals surface area contributed by atoms with Crippen LogP contribution in [0.4, 0.5) is 5.88 Å². The molecule has 1 aromatic heterocycles. The van der Waals surface area contributed by atoms with Crippen LogP contribution in [0.5, 0.6) is 11.5 Å². The summed E-state index contributed by atoms with van der Waals surface area (Å²) in [5.41, 5.74) is 0.653. The second-order valence-electron chi connectivity index (χ2n) is 4.99. The second kappa shape index (κ2) is 7.31. The third-order valence-electron chi connectivity index (χ3n) is 3.28. The van der Waals surface area contributed by atoms with Gasteiger partial charge in [0.05, 0.1) is 6.07 Å². The van der Waals surface area contributed by atoms with Gasteiger partial charge in [-0.25, -0.2) is 4.79 Å². The smallest absolute Gasteiger partial charge is 0.433 e. The monoisotopic (exact) mass is 339 g/mol. The van der Waals surface area contributed by atoms with Gasteiger partial charge in [-0.15, -0.1) is 0 Å². The first kappa shape index (κ1) is 16.3. The molecule has 3 aromatic rings. The first-order valence-corrected chi connectivity index (χ1v) is 7.35. The Balaban J connectivity index is 1.68. The number of furan rings is 1. The Morgan fingerprint density at radius 1 is 1.00 bits per heavy atom. The average Bonchev–Trinajstić information content (AvgIpc) is 3.12. The van der Waals surface area contributed by atoms with E-state index in [1.807, 2.05) is 30.3 Å². The third kappa shape index (κ3) is 4.03. The van der Waals surface area contributed by atoms with Crippen molar-refractivity contribution >= 4 is 11.9 Å². The van der Waals surface area contributed by atoms with Crippen molar-refractivity contribution in [3.05, 3.63) is 88.2 Å². The fourth-order valence-electron chi connectivity index (χ4n) is 2.09. The molecule has 0 N–H and O–H groups in total. The Morgan fingerprint density at radius 3 is 2.44 bits per heavy atom. The van der Waals surface area contributed by atoms with E-state index in [1.54, 1.807) is 24.3 Å². The van der Waals surface area contributed by atoms with Gasteiger partial charge in [-0.1, -0.05) is 36.4 Å². The predicted molar refractivity (Wildman–Crippen MR) is 87.4 cm³/mol. The molecule has 0 unspecified atom stereocenters. The zero-order valence-electron chi connectivity index (χ0n) is 13.0. The lowest BCUT2D eigenvalue weighted by atomic mass is 10.2. The summed E-state index contributed by atoms with van der Waals surface area (Å²) in [6, 6.07) is 18.6. The molecular weight excluding hydrogens is 326 g/mol. The van der Waals surface area contributed by atoms with Crippen LogP contribution in [0.2, 0.25) is 0 Å². The summed E-state index contributed by atoms with van der Waals surface area (Å²) >= 11 is 0.